The van der Waals surface area contributed by atoms with E-state index in [0.29, 0.717) is 18.0 Å². The van der Waals surface area contributed by atoms with Crippen molar-refractivity contribution in [2.75, 3.05) is 11.9 Å². The highest BCUT2D eigenvalue weighted by molar-refractivity contribution is 9.10. The Labute approximate surface area is 164 Å². The Morgan fingerprint density at radius 1 is 1.19 bits per heavy atom. The molecule has 7 heteroatoms. The van der Waals surface area contributed by atoms with Gasteiger partial charge in [0.05, 0.1) is 12.3 Å². The second kappa shape index (κ2) is 8.18. The summed E-state index contributed by atoms with van der Waals surface area (Å²) in [5.41, 5.74) is 1.33. The van der Waals surface area contributed by atoms with Crippen LogP contribution < -0.4 is 15.5 Å². The molecule has 1 N–H and O–H groups in total. The van der Waals surface area contributed by atoms with Crippen molar-refractivity contribution in [1.82, 2.24) is 9.78 Å². The molecule has 3 rings (SSSR count). The fraction of sp³-hybridized carbons (Fsp3) is 0.150. The van der Waals surface area contributed by atoms with Crippen molar-refractivity contribution in [1.29, 1.82) is 0 Å². The molecule has 3 aromatic rings. The summed E-state index contributed by atoms with van der Waals surface area (Å²) in [4.78, 5) is 24.9. The number of halogens is 1. The molecule has 0 aliphatic heterocycles. The number of hydrogen-bond donors (Lipinski definition) is 1. The zero-order valence-corrected chi connectivity index (χ0v) is 16.5. The summed E-state index contributed by atoms with van der Waals surface area (Å²) in [6.07, 6.45) is 0. The molecule has 27 heavy (non-hydrogen) atoms. The van der Waals surface area contributed by atoms with E-state index in [2.05, 4.69) is 26.3 Å². The smallest absolute Gasteiger partial charge is 0.280 e. The number of benzene rings is 2. The third kappa shape index (κ3) is 4.43. The molecule has 0 aliphatic rings. The van der Waals surface area contributed by atoms with E-state index in [0.717, 1.165) is 15.9 Å². The van der Waals surface area contributed by atoms with E-state index in [1.165, 1.54) is 6.07 Å². The maximum absolute atomic E-state index is 12.6. The van der Waals surface area contributed by atoms with Gasteiger partial charge < -0.3 is 10.1 Å². The van der Waals surface area contributed by atoms with Crippen LogP contribution in [0.25, 0.3) is 5.69 Å². The molecule has 6 nitrogen and oxygen atoms in total. The third-order valence-electron chi connectivity index (χ3n) is 3.80. The first kappa shape index (κ1) is 18.8. The number of anilines is 1. The fourth-order valence-electron chi connectivity index (χ4n) is 2.57. The lowest BCUT2D eigenvalue weighted by atomic mass is 10.2. The van der Waals surface area contributed by atoms with Gasteiger partial charge in [-0.05, 0) is 56.3 Å². The minimum atomic E-state index is -0.558. The molecule has 1 aromatic heterocycles. The normalized spacial score (nSPS) is 10.5. The minimum Gasteiger partial charge on any atom is -0.494 e. The maximum atomic E-state index is 12.6. The number of ether oxygens (including phenoxy) is 1. The Bertz CT molecular complexity index is 1030. The van der Waals surface area contributed by atoms with Crippen molar-refractivity contribution in [3.8, 4) is 11.4 Å². The molecule has 0 atom stereocenters. The highest BCUT2D eigenvalue weighted by Crippen LogP contribution is 2.17. The van der Waals surface area contributed by atoms with Gasteiger partial charge in [0.2, 0.25) is 5.43 Å². The predicted octanol–water partition coefficient (Wildman–Crippen LogP) is 3.95. The van der Waals surface area contributed by atoms with Crippen molar-refractivity contribution in [2.24, 2.45) is 0 Å². The first-order chi connectivity index (χ1) is 13.0. The average molecular weight is 428 g/mol. The topological polar surface area (TPSA) is 73.2 Å². The minimum absolute atomic E-state index is 0.172. The molecule has 0 saturated heterocycles. The molecular weight excluding hydrogens is 410 g/mol. The Hall–Kier alpha value is -2.93. The zero-order chi connectivity index (χ0) is 19.4. The summed E-state index contributed by atoms with van der Waals surface area (Å²) in [6, 6.07) is 15.8. The molecular formula is C20H18BrN3O3. The van der Waals surface area contributed by atoms with Gasteiger partial charge in [0.15, 0.2) is 5.69 Å². The Morgan fingerprint density at radius 2 is 1.93 bits per heavy atom. The van der Waals surface area contributed by atoms with Crippen molar-refractivity contribution in [3.63, 3.8) is 0 Å². The molecule has 0 aliphatic carbocycles. The van der Waals surface area contributed by atoms with Crippen LogP contribution in [-0.2, 0) is 0 Å². The van der Waals surface area contributed by atoms with E-state index < -0.39 is 11.3 Å². The average Bonchev–Trinajstić information content (AvgIpc) is 2.63. The summed E-state index contributed by atoms with van der Waals surface area (Å²) >= 11 is 3.35. The van der Waals surface area contributed by atoms with Gasteiger partial charge >= 0.3 is 0 Å². The molecule has 0 spiro atoms. The Morgan fingerprint density at radius 3 is 2.59 bits per heavy atom. The molecule has 0 unspecified atom stereocenters. The standard InChI is InChI=1S/C20H18BrN3O3/c1-3-27-17-9-7-16(8-10-17)24-13(2)11-18(25)19(23-24)20(26)22-15-6-4-5-14(21)12-15/h4-12H,3H2,1-2H3,(H,22,26). The van der Waals surface area contributed by atoms with Gasteiger partial charge in [-0.15, -0.1) is 0 Å². The van der Waals surface area contributed by atoms with Crippen LogP contribution >= 0.6 is 15.9 Å². The van der Waals surface area contributed by atoms with Crippen LogP contribution in [0.2, 0.25) is 0 Å². The van der Waals surface area contributed by atoms with Crippen LogP contribution in [0.3, 0.4) is 0 Å². The number of nitrogens with one attached hydrogen (secondary N) is 1. The van der Waals surface area contributed by atoms with E-state index in [1.54, 1.807) is 29.8 Å². The summed E-state index contributed by atoms with van der Waals surface area (Å²) in [7, 11) is 0. The van der Waals surface area contributed by atoms with Gasteiger partial charge in [-0.1, -0.05) is 22.0 Å². The van der Waals surface area contributed by atoms with Gasteiger partial charge in [0.25, 0.3) is 5.91 Å². The van der Waals surface area contributed by atoms with E-state index >= 15 is 0 Å². The molecule has 0 bridgehead atoms. The van der Waals surface area contributed by atoms with Crippen LogP contribution in [0.4, 0.5) is 5.69 Å². The number of aromatic nitrogens is 2. The van der Waals surface area contributed by atoms with Crippen LogP contribution in [-0.4, -0.2) is 22.3 Å². The van der Waals surface area contributed by atoms with E-state index in [4.69, 9.17) is 4.74 Å². The van der Waals surface area contributed by atoms with Gasteiger partial charge in [-0.25, -0.2) is 4.68 Å². The van der Waals surface area contributed by atoms with Gasteiger partial charge in [0, 0.05) is 21.9 Å². The van der Waals surface area contributed by atoms with Crippen molar-refractivity contribution >= 4 is 27.5 Å². The summed E-state index contributed by atoms with van der Waals surface area (Å²) in [5, 5.41) is 6.97. The molecule has 0 saturated carbocycles. The van der Waals surface area contributed by atoms with E-state index in [-0.39, 0.29) is 5.69 Å². The highest BCUT2D eigenvalue weighted by atomic mass is 79.9. The number of amides is 1. The summed E-state index contributed by atoms with van der Waals surface area (Å²) in [6.45, 7) is 4.26. The maximum Gasteiger partial charge on any atom is 0.280 e. The quantitative estimate of drug-likeness (QED) is 0.668. The lowest BCUT2D eigenvalue weighted by Gasteiger charge is -2.12. The number of nitrogens with zero attached hydrogens (tertiary/aromatic N) is 2. The molecule has 0 fully saturated rings. The Kier molecular flexibility index (Phi) is 5.71. The number of carbonyl (C=O) groups is 1. The molecule has 2 aromatic carbocycles. The predicted molar refractivity (Wildman–Crippen MR) is 108 cm³/mol. The van der Waals surface area contributed by atoms with Crippen LogP contribution in [0, 0.1) is 6.92 Å². The number of aryl methyl sites for hydroxylation is 1. The zero-order valence-electron chi connectivity index (χ0n) is 14.9. The first-order valence-electron chi connectivity index (χ1n) is 8.39. The Balaban J connectivity index is 1.93. The number of rotatable bonds is 5. The molecule has 0 radical (unpaired) electrons. The SMILES string of the molecule is CCOc1ccc(-n2nc(C(=O)Nc3cccc(Br)c3)c(=O)cc2C)cc1. The largest absolute Gasteiger partial charge is 0.494 e. The highest BCUT2D eigenvalue weighted by Gasteiger charge is 2.16. The van der Waals surface area contributed by atoms with Crippen LogP contribution in [0.15, 0.2) is 63.9 Å². The lowest BCUT2D eigenvalue weighted by Crippen LogP contribution is -2.26. The van der Waals surface area contributed by atoms with Crippen molar-refractivity contribution in [3.05, 3.63) is 80.7 Å². The van der Waals surface area contributed by atoms with Crippen molar-refractivity contribution in [2.45, 2.75) is 13.8 Å². The number of hydrogen-bond acceptors (Lipinski definition) is 4. The van der Waals surface area contributed by atoms with Crippen LogP contribution in [0.1, 0.15) is 23.1 Å². The van der Waals surface area contributed by atoms with Crippen molar-refractivity contribution < 1.29 is 9.53 Å². The molecule has 138 valence electrons. The van der Waals surface area contributed by atoms with Gasteiger partial charge in [-0.2, -0.15) is 5.10 Å². The van der Waals surface area contributed by atoms with Gasteiger partial charge in [0.1, 0.15) is 5.75 Å². The molecule has 1 heterocycles. The first-order valence-corrected chi connectivity index (χ1v) is 9.18. The second-order valence-electron chi connectivity index (χ2n) is 5.80. The monoisotopic (exact) mass is 427 g/mol. The van der Waals surface area contributed by atoms with E-state index in [9.17, 15) is 9.59 Å². The second-order valence-corrected chi connectivity index (χ2v) is 6.72. The lowest BCUT2D eigenvalue weighted by molar-refractivity contribution is 0.101. The number of carbonyl (C=O) groups excluding carboxylic acids is 1. The van der Waals surface area contributed by atoms with Gasteiger partial charge in [-0.3, -0.25) is 9.59 Å². The van der Waals surface area contributed by atoms with Crippen LogP contribution in [0.5, 0.6) is 5.75 Å². The molecule has 1 amide bonds. The van der Waals surface area contributed by atoms with E-state index in [1.807, 2.05) is 37.3 Å². The summed E-state index contributed by atoms with van der Waals surface area (Å²) in [5.74, 6) is 0.186. The summed E-state index contributed by atoms with van der Waals surface area (Å²) < 4.78 is 7.82. The third-order valence-corrected chi connectivity index (χ3v) is 4.29. The fourth-order valence-corrected chi connectivity index (χ4v) is 2.97.